The molecule has 74 valence electrons. The minimum atomic E-state index is 0.390. The summed E-state index contributed by atoms with van der Waals surface area (Å²) < 4.78 is 4.72. The van der Waals surface area contributed by atoms with Crippen molar-refractivity contribution in [3.8, 4) is 5.75 Å². The number of hydrogen-bond donors (Lipinski definition) is 0. The van der Waals surface area contributed by atoms with E-state index in [-0.39, 0.29) is 0 Å². The number of carbonyl (C=O) groups excluding carboxylic acids is 2. The Kier molecular flexibility index (Phi) is 2.46. The Morgan fingerprint density at radius 1 is 0.933 bits per heavy atom. The van der Waals surface area contributed by atoms with Gasteiger partial charge >= 0.3 is 0 Å². The fourth-order valence-electron chi connectivity index (χ4n) is 1.44. The monoisotopic (exact) mass is 200 g/mol. The summed E-state index contributed by atoms with van der Waals surface area (Å²) >= 11 is 0. The van der Waals surface area contributed by atoms with E-state index in [1.807, 2.05) is 6.07 Å². The molecule has 0 spiro atoms. The maximum absolute atomic E-state index is 10.5. The molecular formula is C12H8O3. The third-order valence-electron chi connectivity index (χ3n) is 2.16. The van der Waals surface area contributed by atoms with E-state index in [4.69, 9.17) is 4.74 Å². The highest BCUT2D eigenvalue weighted by atomic mass is 16.5. The summed E-state index contributed by atoms with van der Waals surface area (Å²) in [6.07, 6.45) is 0.801. The van der Waals surface area contributed by atoms with Gasteiger partial charge in [-0.05, 0) is 29.0 Å². The zero-order chi connectivity index (χ0) is 10.7. The molecule has 15 heavy (non-hydrogen) atoms. The zero-order valence-corrected chi connectivity index (χ0v) is 7.84. The smallest absolute Gasteiger partial charge is 0.298 e. The zero-order valence-electron chi connectivity index (χ0n) is 7.84. The van der Waals surface area contributed by atoms with Crippen molar-refractivity contribution in [3.63, 3.8) is 0 Å². The van der Waals surface area contributed by atoms with Crippen LogP contribution >= 0.6 is 0 Å². The topological polar surface area (TPSA) is 43.4 Å². The molecule has 2 aromatic carbocycles. The van der Waals surface area contributed by atoms with Gasteiger partial charge in [-0.3, -0.25) is 9.59 Å². The van der Waals surface area contributed by atoms with Gasteiger partial charge in [-0.1, -0.05) is 18.2 Å². The average molecular weight is 200 g/mol. The lowest BCUT2D eigenvalue weighted by atomic mass is 10.1. The Morgan fingerprint density at radius 3 is 2.40 bits per heavy atom. The maximum atomic E-state index is 10.5. The first-order chi connectivity index (χ1) is 7.33. The van der Waals surface area contributed by atoms with Crippen LogP contribution in [0.4, 0.5) is 0 Å². The van der Waals surface area contributed by atoms with Crippen molar-refractivity contribution in [2.75, 3.05) is 0 Å². The number of rotatable bonds is 3. The number of carbonyl (C=O) groups is 2. The molecule has 0 unspecified atom stereocenters. The fraction of sp³-hybridized carbons (Fsp3) is 0. The predicted molar refractivity (Wildman–Crippen MR) is 56.0 cm³/mol. The standard InChI is InChI=1S/C12H8O3/c13-7-9-1-2-11-6-12(15-8-14)4-3-10(11)5-9/h1-8H. The molecule has 0 aromatic heterocycles. The molecule has 0 saturated heterocycles. The van der Waals surface area contributed by atoms with Crippen LogP contribution in [-0.4, -0.2) is 12.8 Å². The molecule has 0 saturated carbocycles. The van der Waals surface area contributed by atoms with Crippen molar-refractivity contribution < 1.29 is 14.3 Å². The second-order valence-corrected chi connectivity index (χ2v) is 3.10. The van der Waals surface area contributed by atoms with E-state index in [0.29, 0.717) is 17.8 Å². The number of ether oxygens (including phenoxy) is 1. The van der Waals surface area contributed by atoms with Gasteiger partial charge in [-0.2, -0.15) is 0 Å². The molecule has 0 amide bonds. The summed E-state index contributed by atoms with van der Waals surface area (Å²) in [5.41, 5.74) is 0.631. The van der Waals surface area contributed by atoms with E-state index in [2.05, 4.69) is 0 Å². The largest absolute Gasteiger partial charge is 0.429 e. The molecule has 0 N–H and O–H groups in total. The molecule has 0 aliphatic carbocycles. The van der Waals surface area contributed by atoms with Crippen molar-refractivity contribution in [2.45, 2.75) is 0 Å². The third kappa shape index (κ3) is 1.86. The number of benzene rings is 2. The lowest BCUT2D eigenvalue weighted by Gasteiger charge is -2.01. The molecular weight excluding hydrogens is 192 g/mol. The molecule has 2 rings (SSSR count). The first kappa shape index (κ1) is 9.40. The van der Waals surface area contributed by atoms with E-state index in [1.165, 1.54) is 0 Å². The van der Waals surface area contributed by atoms with Crippen molar-refractivity contribution >= 4 is 23.5 Å². The van der Waals surface area contributed by atoms with Gasteiger partial charge in [0, 0.05) is 5.56 Å². The SMILES string of the molecule is O=COc1ccc2cc(C=O)ccc2c1. The number of hydrogen-bond acceptors (Lipinski definition) is 3. The molecule has 0 aliphatic rings. The van der Waals surface area contributed by atoms with E-state index in [0.717, 1.165) is 17.1 Å². The molecule has 0 heterocycles. The second kappa shape index (κ2) is 3.92. The number of aldehydes is 1. The predicted octanol–water partition coefficient (Wildman–Crippen LogP) is 2.19. The van der Waals surface area contributed by atoms with Gasteiger partial charge in [-0.25, -0.2) is 0 Å². The van der Waals surface area contributed by atoms with Crippen LogP contribution in [0.25, 0.3) is 10.8 Å². The quantitative estimate of drug-likeness (QED) is 0.713. The summed E-state index contributed by atoms with van der Waals surface area (Å²) in [6.45, 7) is 0.390. The molecule has 0 bridgehead atoms. The highest BCUT2D eigenvalue weighted by Gasteiger charge is 1.98. The second-order valence-electron chi connectivity index (χ2n) is 3.10. The van der Waals surface area contributed by atoms with Crippen molar-refractivity contribution in [3.05, 3.63) is 42.0 Å². The van der Waals surface area contributed by atoms with Gasteiger partial charge in [0.15, 0.2) is 0 Å². The Morgan fingerprint density at radius 2 is 1.67 bits per heavy atom. The Bertz CT molecular complexity index is 517. The molecule has 3 nitrogen and oxygen atoms in total. The van der Waals surface area contributed by atoms with Crippen LogP contribution in [0.15, 0.2) is 36.4 Å². The minimum Gasteiger partial charge on any atom is -0.429 e. The third-order valence-corrected chi connectivity index (χ3v) is 2.16. The highest BCUT2D eigenvalue weighted by molar-refractivity contribution is 5.89. The Balaban J connectivity index is 2.54. The number of fused-ring (bicyclic) bond motifs is 1. The van der Waals surface area contributed by atoms with Crippen molar-refractivity contribution in [1.82, 2.24) is 0 Å². The van der Waals surface area contributed by atoms with Crippen LogP contribution in [0.1, 0.15) is 10.4 Å². The Hall–Kier alpha value is -2.16. The summed E-state index contributed by atoms with van der Waals surface area (Å²) in [5.74, 6) is 0.497. The summed E-state index contributed by atoms with van der Waals surface area (Å²) in [4.78, 5) is 20.7. The highest BCUT2D eigenvalue weighted by Crippen LogP contribution is 2.21. The van der Waals surface area contributed by atoms with Gasteiger partial charge in [-0.15, -0.1) is 0 Å². The van der Waals surface area contributed by atoms with E-state index >= 15 is 0 Å². The van der Waals surface area contributed by atoms with Crippen LogP contribution in [0.5, 0.6) is 5.75 Å². The van der Waals surface area contributed by atoms with Crippen molar-refractivity contribution in [2.24, 2.45) is 0 Å². The van der Waals surface area contributed by atoms with Crippen LogP contribution < -0.4 is 4.74 Å². The summed E-state index contributed by atoms with van der Waals surface area (Å²) in [7, 11) is 0. The van der Waals surface area contributed by atoms with E-state index < -0.39 is 0 Å². The lowest BCUT2D eigenvalue weighted by Crippen LogP contribution is -1.88. The fourth-order valence-corrected chi connectivity index (χ4v) is 1.44. The van der Waals surface area contributed by atoms with Gasteiger partial charge < -0.3 is 4.74 Å². The van der Waals surface area contributed by atoms with Gasteiger partial charge in [0.1, 0.15) is 12.0 Å². The van der Waals surface area contributed by atoms with Crippen LogP contribution in [0.2, 0.25) is 0 Å². The Labute approximate surface area is 86.3 Å². The first-order valence-corrected chi connectivity index (χ1v) is 4.43. The van der Waals surface area contributed by atoms with Crippen LogP contribution in [0, 0.1) is 0 Å². The first-order valence-electron chi connectivity index (χ1n) is 4.43. The lowest BCUT2D eigenvalue weighted by molar-refractivity contribution is -0.120. The van der Waals surface area contributed by atoms with Crippen molar-refractivity contribution in [1.29, 1.82) is 0 Å². The summed E-state index contributed by atoms with van der Waals surface area (Å²) in [6, 6.07) is 10.6. The van der Waals surface area contributed by atoms with Gasteiger partial charge in [0.2, 0.25) is 0 Å². The van der Waals surface area contributed by atoms with Crippen LogP contribution in [0.3, 0.4) is 0 Å². The molecule has 0 radical (unpaired) electrons. The minimum absolute atomic E-state index is 0.390. The van der Waals surface area contributed by atoms with Gasteiger partial charge in [0.05, 0.1) is 0 Å². The summed E-state index contributed by atoms with van der Waals surface area (Å²) in [5, 5.41) is 1.87. The van der Waals surface area contributed by atoms with E-state index in [9.17, 15) is 9.59 Å². The normalized spacial score (nSPS) is 9.87. The average Bonchev–Trinajstić information content (AvgIpc) is 2.29. The molecule has 2 aromatic rings. The molecule has 0 atom stereocenters. The maximum Gasteiger partial charge on any atom is 0.298 e. The molecule has 3 heteroatoms. The van der Waals surface area contributed by atoms with Gasteiger partial charge in [0.25, 0.3) is 6.47 Å². The molecule has 0 fully saturated rings. The van der Waals surface area contributed by atoms with E-state index in [1.54, 1.807) is 30.3 Å². The van der Waals surface area contributed by atoms with Crippen LogP contribution in [-0.2, 0) is 4.79 Å². The molecule has 0 aliphatic heterocycles.